The molecular formula is C14H17ClFNO3S. The second kappa shape index (κ2) is 6.32. The fourth-order valence-electron chi connectivity index (χ4n) is 2.55. The summed E-state index contributed by atoms with van der Waals surface area (Å²) in [5, 5.41) is 2.77. The molecule has 0 spiro atoms. The third kappa shape index (κ3) is 3.95. The first-order chi connectivity index (χ1) is 9.79. The Morgan fingerprint density at radius 1 is 1.29 bits per heavy atom. The van der Waals surface area contributed by atoms with Crippen molar-refractivity contribution in [2.45, 2.75) is 50.0 Å². The third-order valence-electron chi connectivity index (χ3n) is 3.69. The molecule has 1 N–H and O–H groups in total. The second-order valence-corrected chi connectivity index (χ2v) is 7.91. The number of carbonyl (C=O) groups excluding carboxylic acids is 1. The number of rotatable bonds is 3. The number of hydrogen-bond donors (Lipinski definition) is 1. The third-order valence-corrected chi connectivity index (χ3v) is 5.03. The Hall–Kier alpha value is -1.14. The lowest BCUT2D eigenvalue weighted by molar-refractivity contribution is 0.0923. The van der Waals surface area contributed by atoms with Crippen molar-refractivity contribution in [2.75, 3.05) is 0 Å². The van der Waals surface area contributed by atoms with Crippen molar-refractivity contribution in [2.24, 2.45) is 0 Å². The van der Waals surface area contributed by atoms with Crippen molar-refractivity contribution < 1.29 is 17.6 Å². The Bertz CT molecular complexity index is 654. The molecule has 7 heteroatoms. The molecule has 0 atom stereocenters. The zero-order valence-electron chi connectivity index (χ0n) is 11.7. The van der Waals surface area contributed by atoms with E-state index in [1.165, 1.54) is 6.92 Å². The molecule has 1 saturated carbocycles. The molecule has 1 aliphatic rings. The Morgan fingerprint density at radius 3 is 2.48 bits per heavy atom. The highest BCUT2D eigenvalue weighted by Crippen LogP contribution is 2.23. The topological polar surface area (TPSA) is 63.2 Å². The Balaban J connectivity index is 2.29. The molecule has 0 bridgehead atoms. The van der Waals surface area contributed by atoms with Gasteiger partial charge in [-0.3, -0.25) is 4.79 Å². The van der Waals surface area contributed by atoms with Gasteiger partial charge in [0.2, 0.25) is 0 Å². The van der Waals surface area contributed by atoms with Gasteiger partial charge in [-0.05, 0) is 37.5 Å². The van der Waals surface area contributed by atoms with Crippen LogP contribution in [0, 0.1) is 12.7 Å². The summed E-state index contributed by atoms with van der Waals surface area (Å²) >= 11 is 0. The zero-order chi connectivity index (χ0) is 15.6. The Kier molecular flexibility index (Phi) is 4.88. The van der Waals surface area contributed by atoms with Gasteiger partial charge in [0.15, 0.2) is 0 Å². The first kappa shape index (κ1) is 16.2. The van der Waals surface area contributed by atoms with Crippen LogP contribution < -0.4 is 5.32 Å². The minimum atomic E-state index is -4.01. The molecule has 0 heterocycles. The average Bonchev–Trinajstić information content (AvgIpc) is 2.41. The van der Waals surface area contributed by atoms with E-state index in [1.807, 2.05) is 0 Å². The number of hydrogen-bond acceptors (Lipinski definition) is 3. The van der Waals surface area contributed by atoms with Crippen LogP contribution in [-0.4, -0.2) is 20.4 Å². The van der Waals surface area contributed by atoms with Gasteiger partial charge in [-0.1, -0.05) is 19.3 Å². The largest absolute Gasteiger partial charge is 0.349 e. The van der Waals surface area contributed by atoms with Crippen LogP contribution in [0.1, 0.15) is 48.0 Å². The maximum Gasteiger partial charge on any atom is 0.261 e. The summed E-state index contributed by atoms with van der Waals surface area (Å²) in [7, 11) is 1.26. The number of halogens is 2. The first-order valence-corrected chi connectivity index (χ1v) is 9.15. The molecule has 0 unspecified atom stereocenters. The van der Waals surface area contributed by atoms with Crippen LogP contribution in [0.2, 0.25) is 0 Å². The summed E-state index contributed by atoms with van der Waals surface area (Å²) in [6.45, 7) is 1.40. The average molecular weight is 334 g/mol. The van der Waals surface area contributed by atoms with Crippen LogP contribution in [0.25, 0.3) is 0 Å². The van der Waals surface area contributed by atoms with Gasteiger partial charge in [0, 0.05) is 16.7 Å². The lowest BCUT2D eigenvalue weighted by Crippen LogP contribution is -2.36. The molecule has 21 heavy (non-hydrogen) atoms. The lowest BCUT2D eigenvalue weighted by Gasteiger charge is -2.23. The number of benzene rings is 1. The predicted molar refractivity (Wildman–Crippen MR) is 78.5 cm³/mol. The molecule has 0 aliphatic heterocycles. The van der Waals surface area contributed by atoms with Crippen molar-refractivity contribution in [1.29, 1.82) is 0 Å². The summed E-state index contributed by atoms with van der Waals surface area (Å²) < 4.78 is 36.8. The van der Waals surface area contributed by atoms with E-state index in [0.717, 1.165) is 44.2 Å². The van der Waals surface area contributed by atoms with Gasteiger partial charge >= 0.3 is 0 Å². The zero-order valence-corrected chi connectivity index (χ0v) is 13.2. The highest BCUT2D eigenvalue weighted by atomic mass is 35.7. The maximum atomic E-state index is 14.1. The van der Waals surface area contributed by atoms with Crippen molar-refractivity contribution in [1.82, 2.24) is 5.32 Å². The van der Waals surface area contributed by atoms with Crippen molar-refractivity contribution in [3.63, 3.8) is 0 Å². The highest BCUT2D eigenvalue weighted by molar-refractivity contribution is 8.13. The fourth-order valence-corrected chi connectivity index (χ4v) is 3.40. The molecule has 4 nitrogen and oxygen atoms in total. The number of carbonyl (C=O) groups is 1. The van der Waals surface area contributed by atoms with E-state index in [-0.39, 0.29) is 22.1 Å². The van der Waals surface area contributed by atoms with Crippen molar-refractivity contribution >= 4 is 25.6 Å². The molecule has 2 rings (SSSR count). The molecule has 0 saturated heterocycles. The van der Waals surface area contributed by atoms with E-state index in [2.05, 4.69) is 5.32 Å². The van der Waals surface area contributed by atoms with Gasteiger partial charge < -0.3 is 5.32 Å². The van der Waals surface area contributed by atoms with E-state index in [4.69, 9.17) is 10.7 Å². The van der Waals surface area contributed by atoms with Crippen LogP contribution in [0.15, 0.2) is 17.0 Å². The van der Waals surface area contributed by atoms with Crippen LogP contribution in [-0.2, 0) is 9.05 Å². The van der Waals surface area contributed by atoms with E-state index < -0.39 is 20.8 Å². The van der Waals surface area contributed by atoms with Crippen LogP contribution in [0.3, 0.4) is 0 Å². The van der Waals surface area contributed by atoms with Gasteiger partial charge in [-0.15, -0.1) is 0 Å². The molecule has 0 radical (unpaired) electrons. The molecule has 1 aliphatic carbocycles. The molecule has 1 aromatic carbocycles. The van der Waals surface area contributed by atoms with Gasteiger partial charge in [-0.25, -0.2) is 12.8 Å². The van der Waals surface area contributed by atoms with Crippen LogP contribution in [0.5, 0.6) is 0 Å². The van der Waals surface area contributed by atoms with Crippen LogP contribution >= 0.6 is 10.7 Å². The molecular weight excluding hydrogens is 317 g/mol. The predicted octanol–water partition coefficient (Wildman–Crippen LogP) is 3.12. The fraction of sp³-hybridized carbons (Fsp3) is 0.500. The standard InChI is InChI=1S/C14H17ClFNO3S/c1-9-7-11(21(15,19)20)8-12(13(9)16)14(18)17-10-5-3-2-4-6-10/h7-8,10H,2-6H2,1H3,(H,17,18). The number of aryl methyl sites for hydroxylation is 1. The normalized spacial score (nSPS) is 16.7. The molecule has 0 aromatic heterocycles. The van der Waals surface area contributed by atoms with Gasteiger partial charge in [0.05, 0.1) is 10.5 Å². The summed E-state index contributed by atoms with van der Waals surface area (Å²) in [4.78, 5) is 11.9. The highest BCUT2D eigenvalue weighted by Gasteiger charge is 2.22. The lowest BCUT2D eigenvalue weighted by atomic mass is 9.95. The quantitative estimate of drug-likeness (QED) is 0.864. The second-order valence-electron chi connectivity index (χ2n) is 5.35. The monoisotopic (exact) mass is 333 g/mol. The summed E-state index contributed by atoms with van der Waals surface area (Å²) in [6, 6.07) is 2.12. The molecule has 116 valence electrons. The maximum absolute atomic E-state index is 14.1. The summed E-state index contributed by atoms with van der Waals surface area (Å²) in [6.07, 6.45) is 4.92. The molecule has 1 amide bonds. The van der Waals surface area contributed by atoms with Gasteiger partial charge in [0.25, 0.3) is 15.0 Å². The van der Waals surface area contributed by atoms with E-state index in [1.54, 1.807) is 0 Å². The Morgan fingerprint density at radius 2 is 1.90 bits per heavy atom. The molecule has 1 aromatic rings. The molecule has 1 fully saturated rings. The Labute approximate surface area is 128 Å². The van der Waals surface area contributed by atoms with E-state index in [0.29, 0.717) is 0 Å². The van der Waals surface area contributed by atoms with E-state index in [9.17, 15) is 17.6 Å². The number of amides is 1. The summed E-state index contributed by atoms with van der Waals surface area (Å²) in [5.41, 5.74) is -0.203. The smallest absolute Gasteiger partial charge is 0.261 e. The number of nitrogens with one attached hydrogen (secondary N) is 1. The minimum Gasteiger partial charge on any atom is -0.349 e. The summed E-state index contributed by atoms with van der Waals surface area (Å²) in [5.74, 6) is -1.31. The van der Waals surface area contributed by atoms with Crippen LogP contribution in [0.4, 0.5) is 4.39 Å². The van der Waals surface area contributed by atoms with E-state index >= 15 is 0 Å². The van der Waals surface area contributed by atoms with Gasteiger partial charge in [0.1, 0.15) is 5.82 Å². The van der Waals surface area contributed by atoms with Crippen molar-refractivity contribution in [3.05, 3.63) is 29.1 Å². The minimum absolute atomic E-state index is 0.0159. The SMILES string of the molecule is Cc1cc(S(=O)(=O)Cl)cc(C(=O)NC2CCCCC2)c1F. The van der Waals surface area contributed by atoms with Gasteiger partial charge in [-0.2, -0.15) is 0 Å². The first-order valence-electron chi connectivity index (χ1n) is 6.84. The van der Waals surface area contributed by atoms with Crippen molar-refractivity contribution in [3.8, 4) is 0 Å².